The van der Waals surface area contributed by atoms with E-state index in [0.29, 0.717) is 23.5 Å². The quantitative estimate of drug-likeness (QED) is 0.764. The van der Waals surface area contributed by atoms with Gasteiger partial charge in [0.05, 0.1) is 13.0 Å². The standard InChI is InChI=1S/C14H21N3O4/c1-5-17(8-13(19)21-6-2)12(18)7-11-9(3)15-14(20)16-10(11)4/h5-8H2,1-4H3,(H,15,16,20). The van der Waals surface area contributed by atoms with E-state index in [1.54, 1.807) is 27.7 Å². The summed E-state index contributed by atoms with van der Waals surface area (Å²) in [7, 11) is 0. The second-order valence-electron chi connectivity index (χ2n) is 4.62. The number of ether oxygens (including phenoxy) is 1. The van der Waals surface area contributed by atoms with Gasteiger partial charge in [0.2, 0.25) is 5.91 Å². The zero-order valence-corrected chi connectivity index (χ0v) is 12.9. The summed E-state index contributed by atoms with van der Waals surface area (Å²) in [4.78, 5) is 42.8. The van der Waals surface area contributed by atoms with Crippen molar-refractivity contribution in [2.24, 2.45) is 0 Å². The first-order chi connectivity index (χ1) is 9.88. The molecule has 0 aliphatic carbocycles. The molecule has 0 aliphatic rings. The van der Waals surface area contributed by atoms with E-state index < -0.39 is 11.7 Å². The average Bonchev–Trinajstić information content (AvgIpc) is 2.40. The van der Waals surface area contributed by atoms with Crippen LogP contribution < -0.4 is 5.69 Å². The predicted molar refractivity (Wildman–Crippen MR) is 76.9 cm³/mol. The highest BCUT2D eigenvalue weighted by atomic mass is 16.5. The summed E-state index contributed by atoms with van der Waals surface area (Å²) in [5, 5.41) is 0. The predicted octanol–water partition coefficient (Wildman–Crippen LogP) is 0.341. The Morgan fingerprint density at radius 3 is 2.48 bits per heavy atom. The molecule has 1 aromatic rings. The molecule has 0 fully saturated rings. The first-order valence-electron chi connectivity index (χ1n) is 6.88. The van der Waals surface area contributed by atoms with Crippen molar-refractivity contribution in [1.82, 2.24) is 14.9 Å². The number of aromatic amines is 1. The SMILES string of the molecule is CCOC(=O)CN(CC)C(=O)Cc1c(C)nc(=O)[nH]c1C. The molecule has 0 bridgehead atoms. The Balaban J connectivity index is 2.84. The molecule has 0 aromatic carbocycles. The number of nitrogens with one attached hydrogen (secondary N) is 1. The molecule has 0 atom stereocenters. The maximum absolute atomic E-state index is 12.3. The minimum Gasteiger partial charge on any atom is -0.465 e. The number of aryl methyl sites for hydroxylation is 2. The number of hydrogen-bond donors (Lipinski definition) is 1. The van der Waals surface area contributed by atoms with E-state index in [4.69, 9.17) is 4.74 Å². The number of carbonyl (C=O) groups excluding carboxylic acids is 2. The fourth-order valence-electron chi connectivity index (χ4n) is 2.02. The van der Waals surface area contributed by atoms with Crippen molar-refractivity contribution in [2.75, 3.05) is 19.7 Å². The Morgan fingerprint density at radius 2 is 1.95 bits per heavy atom. The van der Waals surface area contributed by atoms with Crippen molar-refractivity contribution in [3.63, 3.8) is 0 Å². The molecule has 7 heteroatoms. The third kappa shape index (κ3) is 4.70. The monoisotopic (exact) mass is 295 g/mol. The second kappa shape index (κ2) is 7.56. The summed E-state index contributed by atoms with van der Waals surface area (Å²) in [6.07, 6.45) is 0.0920. The minimum atomic E-state index is -0.430. The van der Waals surface area contributed by atoms with Gasteiger partial charge in [-0.25, -0.2) is 4.79 Å². The minimum absolute atomic E-state index is 0.0714. The Kier molecular flexibility index (Phi) is 6.08. The average molecular weight is 295 g/mol. The molecule has 0 unspecified atom stereocenters. The third-order valence-corrected chi connectivity index (χ3v) is 3.14. The fraction of sp³-hybridized carbons (Fsp3) is 0.571. The maximum atomic E-state index is 12.3. The van der Waals surface area contributed by atoms with E-state index in [-0.39, 0.29) is 25.5 Å². The van der Waals surface area contributed by atoms with Crippen LogP contribution in [0.2, 0.25) is 0 Å². The molecule has 7 nitrogen and oxygen atoms in total. The van der Waals surface area contributed by atoms with Gasteiger partial charge in [-0.2, -0.15) is 4.98 Å². The van der Waals surface area contributed by atoms with Gasteiger partial charge in [0.15, 0.2) is 0 Å². The van der Waals surface area contributed by atoms with Crippen LogP contribution in [0.15, 0.2) is 4.79 Å². The lowest BCUT2D eigenvalue weighted by Crippen LogP contribution is -2.37. The maximum Gasteiger partial charge on any atom is 0.345 e. The number of esters is 1. The van der Waals surface area contributed by atoms with Crippen LogP contribution in [0, 0.1) is 13.8 Å². The van der Waals surface area contributed by atoms with Crippen molar-refractivity contribution in [1.29, 1.82) is 0 Å². The van der Waals surface area contributed by atoms with Crippen molar-refractivity contribution >= 4 is 11.9 Å². The van der Waals surface area contributed by atoms with Crippen LogP contribution in [-0.2, 0) is 20.7 Å². The Hall–Kier alpha value is -2.18. The Morgan fingerprint density at radius 1 is 1.29 bits per heavy atom. The molecule has 1 amide bonds. The normalized spacial score (nSPS) is 10.3. The van der Waals surface area contributed by atoms with Gasteiger partial charge in [0.1, 0.15) is 6.54 Å². The summed E-state index contributed by atoms with van der Waals surface area (Å²) >= 11 is 0. The number of likely N-dealkylation sites (N-methyl/N-ethyl adjacent to an activating group) is 1. The van der Waals surface area contributed by atoms with Crippen LogP contribution >= 0.6 is 0 Å². The molecule has 0 spiro atoms. The lowest BCUT2D eigenvalue weighted by atomic mass is 10.1. The van der Waals surface area contributed by atoms with E-state index in [0.717, 1.165) is 0 Å². The van der Waals surface area contributed by atoms with Crippen LogP contribution in [0.5, 0.6) is 0 Å². The van der Waals surface area contributed by atoms with Gasteiger partial charge in [-0.05, 0) is 27.7 Å². The first-order valence-corrected chi connectivity index (χ1v) is 6.88. The lowest BCUT2D eigenvalue weighted by molar-refractivity contribution is -0.148. The molecule has 21 heavy (non-hydrogen) atoms. The van der Waals surface area contributed by atoms with Gasteiger partial charge in [-0.15, -0.1) is 0 Å². The highest BCUT2D eigenvalue weighted by Gasteiger charge is 2.19. The van der Waals surface area contributed by atoms with Crippen LogP contribution in [0.3, 0.4) is 0 Å². The van der Waals surface area contributed by atoms with E-state index >= 15 is 0 Å². The molecule has 0 radical (unpaired) electrons. The number of rotatable bonds is 6. The number of carbonyl (C=O) groups is 2. The van der Waals surface area contributed by atoms with Crippen LogP contribution in [0.1, 0.15) is 30.8 Å². The number of H-pyrrole nitrogens is 1. The molecule has 1 aromatic heterocycles. The summed E-state index contributed by atoms with van der Waals surface area (Å²) in [6.45, 7) is 7.54. The Labute approximate surface area is 123 Å². The molecule has 1 heterocycles. The van der Waals surface area contributed by atoms with Crippen LogP contribution in [0.4, 0.5) is 0 Å². The summed E-state index contributed by atoms with van der Waals surface area (Å²) in [6, 6.07) is 0. The van der Waals surface area contributed by atoms with Gasteiger partial charge >= 0.3 is 11.7 Å². The van der Waals surface area contributed by atoms with Crippen LogP contribution in [-0.4, -0.2) is 46.4 Å². The summed E-state index contributed by atoms with van der Waals surface area (Å²) < 4.78 is 4.85. The van der Waals surface area contributed by atoms with Crippen molar-refractivity contribution < 1.29 is 14.3 Å². The van der Waals surface area contributed by atoms with E-state index in [2.05, 4.69) is 9.97 Å². The molecular formula is C14H21N3O4. The van der Waals surface area contributed by atoms with E-state index in [9.17, 15) is 14.4 Å². The number of nitrogens with zero attached hydrogens (tertiary/aromatic N) is 2. The zero-order valence-electron chi connectivity index (χ0n) is 12.9. The van der Waals surface area contributed by atoms with Gasteiger partial charge in [0, 0.05) is 23.5 Å². The van der Waals surface area contributed by atoms with Gasteiger partial charge in [0.25, 0.3) is 0 Å². The number of aromatic nitrogens is 2. The molecule has 116 valence electrons. The molecule has 1 rings (SSSR count). The highest BCUT2D eigenvalue weighted by Crippen LogP contribution is 2.09. The third-order valence-electron chi connectivity index (χ3n) is 3.14. The fourth-order valence-corrected chi connectivity index (χ4v) is 2.02. The van der Waals surface area contributed by atoms with Crippen LogP contribution in [0.25, 0.3) is 0 Å². The number of amides is 1. The smallest absolute Gasteiger partial charge is 0.345 e. The van der Waals surface area contributed by atoms with Gasteiger partial charge in [-0.3, -0.25) is 9.59 Å². The van der Waals surface area contributed by atoms with Gasteiger partial charge in [-0.1, -0.05) is 0 Å². The summed E-state index contributed by atoms with van der Waals surface area (Å²) in [5.41, 5.74) is 1.40. The van der Waals surface area contributed by atoms with E-state index in [1.165, 1.54) is 4.90 Å². The highest BCUT2D eigenvalue weighted by molar-refractivity contribution is 5.83. The van der Waals surface area contributed by atoms with E-state index in [1.807, 2.05) is 0 Å². The summed E-state index contributed by atoms with van der Waals surface area (Å²) in [5.74, 6) is -0.633. The first kappa shape index (κ1) is 16.9. The molecule has 0 saturated heterocycles. The Bertz CT molecular complexity index is 554. The molecule has 0 saturated carbocycles. The lowest BCUT2D eigenvalue weighted by Gasteiger charge is -2.20. The van der Waals surface area contributed by atoms with Gasteiger partial charge < -0.3 is 14.6 Å². The van der Waals surface area contributed by atoms with Crippen molar-refractivity contribution in [2.45, 2.75) is 34.1 Å². The second-order valence-corrected chi connectivity index (χ2v) is 4.62. The number of hydrogen-bond acceptors (Lipinski definition) is 5. The topological polar surface area (TPSA) is 92.4 Å². The van der Waals surface area contributed by atoms with Crippen molar-refractivity contribution in [3.8, 4) is 0 Å². The van der Waals surface area contributed by atoms with Crippen molar-refractivity contribution in [3.05, 3.63) is 27.4 Å². The zero-order chi connectivity index (χ0) is 16.0. The molecular weight excluding hydrogens is 274 g/mol. The molecule has 0 aliphatic heterocycles. The molecule has 1 N–H and O–H groups in total. The largest absolute Gasteiger partial charge is 0.465 e.